The highest BCUT2D eigenvalue weighted by Crippen LogP contribution is 2.08. The summed E-state index contributed by atoms with van der Waals surface area (Å²) in [5, 5.41) is 9.35. The van der Waals surface area contributed by atoms with Crippen LogP contribution in [0.4, 0.5) is 0 Å². The summed E-state index contributed by atoms with van der Waals surface area (Å²) in [7, 11) is 3.80. The van der Waals surface area contributed by atoms with Gasteiger partial charge in [0.15, 0.2) is 5.96 Å². The minimum absolute atomic E-state index is 0. The number of benzene rings is 2. The van der Waals surface area contributed by atoms with Crippen molar-refractivity contribution < 1.29 is 4.79 Å². The molecule has 0 aliphatic carbocycles. The first kappa shape index (κ1) is 26.9. The maximum absolute atomic E-state index is 11.6. The van der Waals surface area contributed by atoms with Gasteiger partial charge in [0.25, 0.3) is 5.91 Å². The van der Waals surface area contributed by atoms with Crippen molar-refractivity contribution in [2.45, 2.75) is 39.4 Å². The lowest BCUT2D eigenvalue weighted by molar-refractivity contribution is 0.0963. The zero-order valence-electron chi connectivity index (χ0n) is 19.0. The van der Waals surface area contributed by atoms with E-state index in [4.69, 9.17) is 0 Å². The summed E-state index contributed by atoms with van der Waals surface area (Å²) < 4.78 is 0. The largest absolute Gasteiger partial charge is 0.357 e. The predicted octanol–water partition coefficient (Wildman–Crippen LogP) is 3.63. The van der Waals surface area contributed by atoms with Crippen molar-refractivity contribution in [3.63, 3.8) is 0 Å². The van der Waals surface area contributed by atoms with Crippen LogP contribution in [0, 0.1) is 0 Å². The lowest BCUT2D eigenvalue weighted by Crippen LogP contribution is -2.40. The lowest BCUT2D eigenvalue weighted by atomic mass is 10.1. The zero-order valence-corrected chi connectivity index (χ0v) is 21.4. The number of guanidine groups is 1. The van der Waals surface area contributed by atoms with Gasteiger partial charge in [-0.25, -0.2) is 4.99 Å². The van der Waals surface area contributed by atoms with Crippen LogP contribution in [0.1, 0.15) is 41.8 Å². The first-order chi connectivity index (χ1) is 14.5. The fourth-order valence-electron chi connectivity index (χ4n) is 3.07. The van der Waals surface area contributed by atoms with Gasteiger partial charge in [-0.05, 0) is 50.6 Å². The van der Waals surface area contributed by atoms with Crippen LogP contribution in [0.5, 0.6) is 0 Å². The number of nitrogens with zero attached hydrogens (tertiary/aromatic N) is 2. The molecule has 2 aromatic carbocycles. The molecule has 1 unspecified atom stereocenters. The molecule has 0 aliphatic rings. The number of nitrogens with one attached hydrogen (secondary N) is 3. The van der Waals surface area contributed by atoms with E-state index < -0.39 is 0 Å². The van der Waals surface area contributed by atoms with Crippen LogP contribution in [-0.4, -0.2) is 50.0 Å². The summed E-state index contributed by atoms with van der Waals surface area (Å²) >= 11 is 0. The van der Waals surface area contributed by atoms with Gasteiger partial charge >= 0.3 is 0 Å². The Morgan fingerprint density at radius 3 is 2.32 bits per heavy atom. The second kappa shape index (κ2) is 14.8. The second-order valence-corrected chi connectivity index (χ2v) is 7.44. The van der Waals surface area contributed by atoms with E-state index in [-0.39, 0.29) is 29.9 Å². The summed E-state index contributed by atoms with van der Waals surface area (Å²) in [6.45, 7) is 7.48. The number of carbonyl (C=O) groups excluding carboxylic acids is 1. The molecular formula is C24H36IN5O. The molecule has 2 rings (SSSR count). The molecule has 3 N–H and O–H groups in total. The SMILES string of the molecule is CCNC(=NCc1ccc(C(=O)NC)cc1)NCCC(C)N(C)Cc1ccccc1.I. The number of carbonyl (C=O) groups is 1. The molecular weight excluding hydrogens is 501 g/mol. The van der Waals surface area contributed by atoms with Crippen LogP contribution in [0.3, 0.4) is 0 Å². The highest BCUT2D eigenvalue weighted by Gasteiger charge is 2.10. The van der Waals surface area contributed by atoms with Gasteiger partial charge in [-0.15, -0.1) is 24.0 Å². The molecule has 0 spiro atoms. The van der Waals surface area contributed by atoms with Crippen LogP contribution < -0.4 is 16.0 Å². The summed E-state index contributed by atoms with van der Waals surface area (Å²) in [6.07, 6.45) is 1.02. The van der Waals surface area contributed by atoms with Crippen molar-refractivity contribution in [3.8, 4) is 0 Å². The molecule has 0 saturated heterocycles. The van der Waals surface area contributed by atoms with Gasteiger partial charge in [0, 0.05) is 38.3 Å². The van der Waals surface area contributed by atoms with Gasteiger partial charge in [0.2, 0.25) is 0 Å². The Hall–Kier alpha value is -2.13. The number of halogens is 1. The first-order valence-electron chi connectivity index (χ1n) is 10.6. The minimum atomic E-state index is -0.0774. The maximum atomic E-state index is 11.6. The normalized spacial score (nSPS) is 12.1. The smallest absolute Gasteiger partial charge is 0.251 e. The monoisotopic (exact) mass is 537 g/mol. The van der Waals surface area contributed by atoms with Crippen molar-refractivity contribution in [2.75, 3.05) is 27.2 Å². The van der Waals surface area contributed by atoms with Crippen LogP contribution in [-0.2, 0) is 13.1 Å². The number of hydrogen-bond donors (Lipinski definition) is 3. The van der Waals surface area contributed by atoms with Crippen molar-refractivity contribution >= 4 is 35.8 Å². The van der Waals surface area contributed by atoms with Gasteiger partial charge in [-0.2, -0.15) is 0 Å². The topological polar surface area (TPSA) is 68.8 Å². The van der Waals surface area contributed by atoms with Crippen molar-refractivity contribution in [2.24, 2.45) is 4.99 Å². The molecule has 1 amide bonds. The third-order valence-electron chi connectivity index (χ3n) is 5.09. The van der Waals surface area contributed by atoms with Gasteiger partial charge in [-0.3, -0.25) is 9.69 Å². The number of hydrogen-bond acceptors (Lipinski definition) is 3. The molecule has 2 aromatic rings. The van der Waals surface area contributed by atoms with E-state index in [0.29, 0.717) is 18.2 Å². The summed E-state index contributed by atoms with van der Waals surface area (Å²) in [4.78, 5) is 18.7. The van der Waals surface area contributed by atoms with Crippen LogP contribution in [0.2, 0.25) is 0 Å². The number of amides is 1. The molecule has 0 bridgehead atoms. The van der Waals surface area contributed by atoms with Gasteiger partial charge in [0.1, 0.15) is 0 Å². The van der Waals surface area contributed by atoms with E-state index in [9.17, 15) is 4.79 Å². The van der Waals surface area contributed by atoms with E-state index in [1.807, 2.05) is 24.3 Å². The van der Waals surface area contributed by atoms with Crippen molar-refractivity contribution in [1.29, 1.82) is 0 Å². The molecule has 0 aromatic heterocycles. The van der Waals surface area contributed by atoms with E-state index in [1.54, 1.807) is 7.05 Å². The molecule has 170 valence electrons. The Bertz CT molecular complexity index is 795. The average Bonchev–Trinajstić information content (AvgIpc) is 2.77. The Labute approximate surface area is 203 Å². The number of rotatable bonds is 10. The zero-order chi connectivity index (χ0) is 21.8. The van der Waals surface area contributed by atoms with E-state index in [2.05, 4.69) is 77.1 Å². The van der Waals surface area contributed by atoms with Gasteiger partial charge < -0.3 is 16.0 Å². The summed E-state index contributed by atoms with van der Waals surface area (Å²) in [5.41, 5.74) is 3.05. The molecule has 0 radical (unpaired) electrons. The molecule has 6 nitrogen and oxygen atoms in total. The Balaban J connectivity index is 0.00000480. The van der Waals surface area contributed by atoms with E-state index in [0.717, 1.165) is 37.6 Å². The third-order valence-corrected chi connectivity index (χ3v) is 5.09. The molecule has 0 heterocycles. The predicted molar refractivity (Wildman–Crippen MR) is 140 cm³/mol. The maximum Gasteiger partial charge on any atom is 0.251 e. The van der Waals surface area contributed by atoms with E-state index in [1.165, 1.54) is 5.56 Å². The van der Waals surface area contributed by atoms with Crippen molar-refractivity contribution in [1.82, 2.24) is 20.9 Å². The molecule has 0 fully saturated rings. The van der Waals surface area contributed by atoms with Gasteiger partial charge in [-0.1, -0.05) is 42.5 Å². The summed E-state index contributed by atoms with van der Waals surface area (Å²) in [5.74, 6) is 0.734. The average molecular weight is 537 g/mol. The highest BCUT2D eigenvalue weighted by molar-refractivity contribution is 14.0. The quantitative estimate of drug-likeness (QED) is 0.246. The van der Waals surface area contributed by atoms with E-state index >= 15 is 0 Å². The summed E-state index contributed by atoms with van der Waals surface area (Å²) in [6, 6.07) is 18.5. The molecule has 31 heavy (non-hydrogen) atoms. The van der Waals surface area contributed by atoms with Crippen molar-refractivity contribution in [3.05, 3.63) is 71.3 Å². The Kier molecular flexibility index (Phi) is 12.8. The Morgan fingerprint density at radius 1 is 1.03 bits per heavy atom. The fourth-order valence-corrected chi connectivity index (χ4v) is 3.07. The van der Waals surface area contributed by atoms with Crippen LogP contribution in [0.15, 0.2) is 59.6 Å². The third kappa shape index (κ3) is 9.69. The standard InChI is InChI=1S/C24H35N5O.HI/c1-5-26-24(28-17-20-11-13-22(14-12-20)23(30)25-3)27-16-15-19(2)29(4)18-21-9-7-6-8-10-21;/h6-14,19H,5,15-18H2,1-4H3,(H,25,30)(H2,26,27,28);1H. The van der Waals surface area contributed by atoms with Crippen LogP contribution >= 0.6 is 24.0 Å². The Morgan fingerprint density at radius 2 is 1.71 bits per heavy atom. The second-order valence-electron chi connectivity index (χ2n) is 7.44. The fraction of sp³-hybridized carbons (Fsp3) is 0.417. The minimum Gasteiger partial charge on any atom is -0.357 e. The molecule has 0 saturated carbocycles. The molecule has 7 heteroatoms. The first-order valence-corrected chi connectivity index (χ1v) is 10.6. The van der Waals surface area contributed by atoms with Gasteiger partial charge in [0.05, 0.1) is 6.54 Å². The number of aliphatic imine (C=N–C) groups is 1. The molecule has 1 atom stereocenters. The molecule has 0 aliphatic heterocycles. The lowest BCUT2D eigenvalue weighted by Gasteiger charge is -2.25. The van der Waals surface area contributed by atoms with Crippen LogP contribution in [0.25, 0.3) is 0 Å². The highest BCUT2D eigenvalue weighted by atomic mass is 127.